The van der Waals surface area contributed by atoms with Crippen molar-refractivity contribution < 1.29 is 9.90 Å². The molecular weight excluding hydrogens is 154 g/mol. The summed E-state index contributed by atoms with van der Waals surface area (Å²) in [5.41, 5.74) is -0.448. The molecule has 0 atom stereocenters. The Bertz CT molecular complexity index is 162. The first-order valence-electron chi connectivity index (χ1n) is 4.64. The fourth-order valence-electron chi connectivity index (χ4n) is 1.86. The maximum atomic E-state index is 11.5. The van der Waals surface area contributed by atoms with Gasteiger partial charge in [0.05, 0.1) is 12.0 Å². The molecule has 0 heterocycles. The molecule has 0 aromatic carbocycles. The first-order valence-corrected chi connectivity index (χ1v) is 4.64. The summed E-state index contributed by atoms with van der Waals surface area (Å²) < 4.78 is 0. The van der Waals surface area contributed by atoms with E-state index in [4.69, 9.17) is 5.11 Å². The molecule has 3 nitrogen and oxygen atoms in total. The average Bonchev–Trinajstić information content (AvgIpc) is 2.54. The van der Waals surface area contributed by atoms with Crippen LogP contribution in [-0.4, -0.2) is 24.2 Å². The molecule has 1 aliphatic rings. The first-order chi connectivity index (χ1) is 5.75. The lowest BCUT2D eigenvalue weighted by Gasteiger charge is -2.24. The normalized spacial score (nSPS) is 20.8. The monoisotopic (exact) mass is 171 g/mol. The van der Waals surface area contributed by atoms with Crippen LogP contribution in [0.1, 0.15) is 32.6 Å². The zero-order chi connectivity index (χ0) is 9.03. The second-order valence-corrected chi connectivity index (χ2v) is 3.51. The SMILES string of the molecule is CCNC(=O)C1(CO)CCCC1. The van der Waals surface area contributed by atoms with Gasteiger partial charge in [-0.15, -0.1) is 0 Å². The molecule has 1 fully saturated rings. The van der Waals surface area contributed by atoms with Crippen molar-refractivity contribution in [3.63, 3.8) is 0 Å². The number of amides is 1. The van der Waals surface area contributed by atoms with Gasteiger partial charge in [-0.3, -0.25) is 4.79 Å². The van der Waals surface area contributed by atoms with Crippen LogP contribution in [0.25, 0.3) is 0 Å². The second-order valence-electron chi connectivity index (χ2n) is 3.51. The van der Waals surface area contributed by atoms with Crippen molar-refractivity contribution >= 4 is 5.91 Å². The number of nitrogens with one attached hydrogen (secondary N) is 1. The van der Waals surface area contributed by atoms with E-state index >= 15 is 0 Å². The number of carbonyl (C=O) groups is 1. The molecule has 1 aliphatic carbocycles. The molecule has 0 aliphatic heterocycles. The van der Waals surface area contributed by atoms with Gasteiger partial charge in [-0.1, -0.05) is 12.8 Å². The zero-order valence-electron chi connectivity index (χ0n) is 7.60. The van der Waals surface area contributed by atoms with Crippen LogP contribution in [0.15, 0.2) is 0 Å². The van der Waals surface area contributed by atoms with Gasteiger partial charge in [0.25, 0.3) is 0 Å². The minimum Gasteiger partial charge on any atom is -0.395 e. The van der Waals surface area contributed by atoms with Crippen molar-refractivity contribution in [2.75, 3.05) is 13.2 Å². The Morgan fingerprint density at radius 1 is 1.50 bits per heavy atom. The van der Waals surface area contributed by atoms with E-state index in [0.717, 1.165) is 25.7 Å². The minimum atomic E-state index is -0.448. The Hall–Kier alpha value is -0.570. The van der Waals surface area contributed by atoms with Gasteiger partial charge in [-0.05, 0) is 19.8 Å². The van der Waals surface area contributed by atoms with E-state index in [9.17, 15) is 4.79 Å². The van der Waals surface area contributed by atoms with Gasteiger partial charge in [0.1, 0.15) is 0 Å². The molecular formula is C9H17NO2. The molecule has 0 saturated heterocycles. The summed E-state index contributed by atoms with van der Waals surface area (Å²) in [6.45, 7) is 2.55. The number of rotatable bonds is 3. The van der Waals surface area contributed by atoms with E-state index in [1.807, 2.05) is 6.92 Å². The Kier molecular flexibility index (Phi) is 3.09. The van der Waals surface area contributed by atoms with Crippen LogP contribution in [0, 0.1) is 5.41 Å². The summed E-state index contributed by atoms with van der Waals surface area (Å²) in [7, 11) is 0. The molecule has 1 amide bonds. The maximum Gasteiger partial charge on any atom is 0.228 e. The van der Waals surface area contributed by atoms with E-state index in [1.54, 1.807) is 0 Å². The molecule has 3 heteroatoms. The van der Waals surface area contributed by atoms with Gasteiger partial charge in [0.15, 0.2) is 0 Å². The molecule has 0 aromatic heterocycles. The molecule has 70 valence electrons. The van der Waals surface area contributed by atoms with Crippen LogP contribution < -0.4 is 5.32 Å². The highest BCUT2D eigenvalue weighted by atomic mass is 16.3. The first kappa shape index (κ1) is 9.52. The summed E-state index contributed by atoms with van der Waals surface area (Å²) in [4.78, 5) is 11.5. The van der Waals surface area contributed by atoms with Gasteiger partial charge in [0.2, 0.25) is 5.91 Å². The van der Waals surface area contributed by atoms with E-state index < -0.39 is 5.41 Å². The molecule has 12 heavy (non-hydrogen) atoms. The van der Waals surface area contributed by atoms with Gasteiger partial charge >= 0.3 is 0 Å². The Morgan fingerprint density at radius 3 is 2.50 bits per heavy atom. The number of carbonyl (C=O) groups excluding carboxylic acids is 1. The highest BCUT2D eigenvalue weighted by Crippen LogP contribution is 2.37. The summed E-state index contributed by atoms with van der Waals surface area (Å²) in [6, 6.07) is 0. The van der Waals surface area contributed by atoms with Crippen molar-refractivity contribution in [1.82, 2.24) is 5.32 Å². The Labute approximate surface area is 73.2 Å². The van der Waals surface area contributed by atoms with Crippen molar-refractivity contribution in [2.24, 2.45) is 5.41 Å². The standard InChI is InChI=1S/C9H17NO2/c1-2-10-8(12)9(7-11)5-3-4-6-9/h11H,2-7H2,1H3,(H,10,12). The predicted octanol–water partition coefficient (Wildman–Crippen LogP) is 0.675. The van der Waals surface area contributed by atoms with Gasteiger partial charge in [0, 0.05) is 6.54 Å². The van der Waals surface area contributed by atoms with Gasteiger partial charge < -0.3 is 10.4 Å². The minimum absolute atomic E-state index is 0.00116. The number of aliphatic hydroxyl groups excluding tert-OH is 1. The molecule has 1 rings (SSSR count). The van der Waals surface area contributed by atoms with Crippen molar-refractivity contribution in [3.8, 4) is 0 Å². The molecule has 2 N–H and O–H groups in total. The molecule has 0 spiro atoms. The smallest absolute Gasteiger partial charge is 0.228 e. The molecule has 1 saturated carbocycles. The highest BCUT2D eigenvalue weighted by molar-refractivity contribution is 5.83. The molecule has 0 unspecified atom stereocenters. The van der Waals surface area contributed by atoms with Crippen molar-refractivity contribution in [1.29, 1.82) is 0 Å². The van der Waals surface area contributed by atoms with E-state index in [2.05, 4.69) is 5.32 Å². The van der Waals surface area contributed by atoms with E-state index in [-0.39, 0.29) is 12.5 Å². The third-order valence-corrected chi connectivity index (χ3v) is 2.68. The molecule has 0 radical (unpaired) electrons. The van der Waals surface area contributed by atoms with Crippen molar-refractivity contribution in [2.45, 2.75) is 32.6 Å². The summed E-state index contributed by atoms with van der Waals surface area (Å²) >= 11 is 0. The van der Waals surface area contributed by atoms with Crippen LogP contribution in [0.5, 0.6) is 0 Å². The number of aliphatic hydroxyl groups is 1. The Balaban J connectivity index is 2.59. The van der Waals surface area contributed by atoms with Crippen LogP contribution in [0.4, 0.5) is 0 Å². The third-order valence-electron chi connectivity index (χ3n) is 2.68. The topological polar surface area (TPSA) is 49.3 Å². The fraction of sp³-hybridized carbons (Fsp3) is 0.889. The summed E-state index contributed by atoms with van der Waals surface area (Å²) in [5, 5.41) is 11.9. The number of hydrogen-bond donors (Lipinski definition) is 2. The van der Waals surface area contributed by atoms with Gasteiger partial charge in [-0.25, -0.2) is 0 Å². The summed E-state index contributed by atoms with van der Waals surface area (Å²) in [5.74, 6) is 0.0324. The van der Waals surface area contributed by atoms with E-state index in [0.29, 0.717) is 6.54 Å². The number of hydrogen-bond acceptors (Lipinski definition) is 2. The van der Waals surface area contributed by atoms with Crippen LogP contribution in [0.3, 0.4) is 0 Å². The van der Waals surface area contributed by atoms with Gasteiger partial charge in [-0.2, -0.15) is 0 Å². The van der Waals surface area contributed by atoms with Crippen LogP contribution in [0.2, 0.25) is 0 Å². The predicted molar refractivity (Wildman–Crippen MR) is 46.7 cm³/mol. The van der Waals surface area contributed by atoms with Crippen LogP contribution >= 0.6 is 0 Å². The largest absolute Gasteiger partial charge is 0.395 e. The molecule has 0 bridgehead atoms. The summed E-state index contributed by atoms with van der Waals surface area (Å²) in [6.07, 6.45) is 3.82. The van der Waals surface area contributed by atoms with Crippen LogP contribution in [-0.2, 0) is 4.79 Å². The highest BCUT2D eigenvalue weighted by Gasteiger charge is 2.39. The lowest BCUT2D eigenvalue weighted by atomic mass is 9.86. The van der Waals surface area contributed by atoms with E-state index in [1.165, 1.54) is 0 Å². The lowest BCUT2D eigenvalue weighted by Crippen LogP contribution is -2.41. The second kappa shape index (κ2) is 3.90. The molecule has 0 aromatic rings. The van der Waals surface area contributed by atoms with Crippen molar-refractivity contribution in [3.05, 3.63) is 0 Å². The maximum absolute atomic E-state index is 11.5. The zero-order valence-corrected chi connectivity index (χ0v) is 7.60. The third kappa shape index (κ3) is 1.61. The average molecular weight is 171 g/mol. The lowest BCUT2D eigenvalue weighted by molar-refractivity contribution is -0.132. The Morgan fingerprint density at radius 2 is 2.08 bits per heavy atom. The quantitative estimate of drug-likeness (QED) is 0.656. The fourth-order valence-corrected chi connectivity index (χ4v) is 1.86.